The molecule has 1 saturated heterocycles. The molecule has 2 rings (SSSR count). The van der Waals surface area contributed by atoms with Crippen molar-refractivity contribution in [2.45, 2.75) is 23.8 Å². The number of urea groups is 1. The van der Waals surface area contributed by atoms with Crippen LogP contribution in [0.15, 0.2) is 23.2 Å². The molecule has 0 aromatic carbocycles. The first kappa shape index (κ1) is 19.6. The summed E-state index contributed by atoms with van der Waals surface area (Å²) in [5.74, 6) is 0.296. The van der Waals surface area contributed by atoms with Crippen LogP contribution in [0.1, 0.15) is 12.8 Å². The van der Waals surface area contributed by atoms with Gasteiger partial charge in [0, 0.05) is 39.0 Å². The predicted molar refractivity (Wildman–Crippen MR) is 94.0 cm³/mol. The van der Waals surface area contributed by atoms with Gasteiger partial charge in [0.25, 0.3) is 0 Å². The van der Waals surface area contributed by atoms with Crippen molar-refractivity contribution in [3.05, 3.63) is 18.3 Å². The van der Waals surface area contributed by atoms with Crippen LogP contribution in [0.25, 0.3) is 0 Å². The Labute approximate surface area is 148 Å². The highest BCUT2D eigenvalue weighted by Crippen LogP contribution is 2.12. The van der Waals surface area contributed by atoms with Gasteiger partial charge in [0.15, 0.2) is 0 Å². The molecule has 25 heavy (non-hydrogen) atoms. The number of ether oxygens (including phenoxy) is 1. The molecule has 3 N–H and O–H groups in total. The van der Waals surface area contributed by atoms with Crippen molar-refractivity contribution in [2.75, 3.05) is 45.7 Å². The van der Waals surface area contributed by atoms with E-state index < -0.39 is 10.0 Å². The lowest BCUT2D eigenvalue weighted by atomic mass is 10.1. The Morgan fingerprint density at radius 2 is 2.08 bits per heavy atom. The number of methoxy groups -OCH3 is 1. The third kappa shape index (κ3) is 5.92. The molecule has 1 aliphatic heterocycles. The number of amides is 2. The van der Waals surface area contributed by atoms with Crippen molar-refractivity contribution in [2.24, 2.45) is 0 Å². The Bertz CT molecular complexity index is 657. The quantitative estimate of drug-likeness (QED) is 0.632. The number of piperidine rings is 1. The number of rotatable bonds is 7. The minimum atomic E-state index is -3.53. The molecule has 0 unspecified atom stereocenters. The van der Waals surface area contributed by atoms with Gasteiger partial charge < -0.3 is 15.0 Å². The van der Waals surface area contributed by atoms with Gasteiger partial charge in [0.2, 0.25) is 10.0 Å². The molecule has 140 valence electrons. The minimum Gasteiger partial charge on any atom is -0.383 e. The van der Waals surface area contributed by atoms with Crippen LogP contribution >= 0.6 is 0 Å². The number of carbonyl (C=O) groups is 1. The third-order valence-electron chi connectivity index (χ3n) is 4.09. The fourth-order valence-electron chi connectivity index (χ4n) is 2.59. The number of anilines is 1. The average molecular weight is 371 g/mol. The summed E-state index contributed by atoms with van der Waals surface area (Å²) in [6.07, 6.45) is 2.96. The second-order valence-electron chi connectivity index (χ2n) is 5.79. The van der Waals surface area contributed by atoms with Crippen LogP contribution < -0.4 is 15.4 Å². The smallest absolute Gasteiger partial charge is 0.320 e. The van der Waals surface area contributed by atoms with Crippen molar-refractivity contribution >= 4 is 21.9 Å². The minimum absolute atomic E-state index is 0.0457. The molecule has 9 nitrogen and oxygen atoms in total. The highest BCUT2D eigenvalue weighted by Gasteiger charge is 2.20. The van der Waals surface area contributed by atoms with Gasteiger partial charge in [0.05, 0.1) is 6.61 Å². The molecule has 2 heterocycles. The Balaban J connectivity index is 1.79. The average Bonchev–Trinajstić information content (AvgIpc) is 2.61. The van der Waals surface area contributed by atoms with Gasteiger partial charge in [-0.05, 0) is 32.0 Å². The number of hydrogen-bond donors (Lipinski definition) is 3. The van der Waals surface area contributed by atoms with E-state index >= 15 is 0 Å². The Morgan fingerprint density at radius 3 is 2.64 bits per heavy atom. The number of sulfonamides is 1. The Hall–Kier alpha value is -1.75. The topological polar surface area (TPSA) is 113 Å². The molecule has 0 saturated carbocycles. The normalized spacial score (nSPS) is 16.6. The molecule has 1 aromatic rings. The molecular weight excluding hydrogens is 346 g/mol. The zero-order valence-electron chi connectivity index (χ0n) is 14.5. The fraction of sp³-hybridized carbons (Fsp3) is 0.600. The third-order valence-corrected chi connectivity index (χ3v) is 5.49. The maximum absolute atomic E-state index is 12.0. The second-order valence-corrected chi connectivity index (χ2v) is 7.68. The molecule has 0 spiro atoms. The Morgan fingerprint density at radius 1 is 1.36 bits per heavy atom. The van der Waals surface area contributed by atoms with Gasteiger partial charge in [0.1, 0.15) is 10.7 Å². The molecule has 0 radical (unpaired) electrons. The number of hydrogen-bond acceptors (Lipinski definition) is 6. The molecule has 1 aliphatic rings. The molecular formula is C15H25N5O4S. The van der Waals surface area contributed by atoms with E-state index in [1.54, 1.807) is 7.11 Å². The number of aromatic nitrogens is 1. The zero-order chi connectivity index (χ0) is 18.3. The van der Waals surface area contributed by atoms with Crippen molar-refractivity contribution in [3.8, 4) is 0 Å². The van der Waals surface area contributed by atoms with E-state index in [1.165, 1.54) is 25.4 Å². The maximum atomic E-state index is 12.0. The molecule has 0 bridgehead atoms. The van der Waals surface area contributed by atoms with Gasteiger partial charge >= 0.3 is 6.03 Å². The van der Waals surface area contributed by atoms with E-state index in [1.807, 2.05) is 0 Å². The molecule has 0 atom stereocenters. The predicted octanol–water partition coefficient (Wildman–Crippen LogP) is 0.222. The van der Waals surface area contributed by atoms with Crippen molar-refractivity contribution in [3.63, 3.8) is 0 Å². The molecule has 1 fully saturated rings. The summed E-state index contributed by atoms with van der Waals surface area (Å²) >= 11 is 0. The van der Waals surface area contributed by atoms with E-state index in [0.717, 1.165) is 32.5 Å². The molecule has 1 aromatic heterocycles. The highest BCUT2D eigenvalue weighted by atomic mass is 32.2. The molecule has 0 aliphatic carbocycles. The van der Waals surface area contributed by atoms with Gasteiger partial charge in [-0.2, -0.15) is 0 Å². The molecule has 2 amide bonds. The summed E-state index contributed by atoms with van der Waals surface area (Å²) < 4.78 is 30.5. The Kier molecular flexibility index (Phi) is 7.12. The van der Waals surface area contributed by atoms with Crippen LogP contribution in [-0.4, -0.2) is 70.8 Å². The van der Waals surface area contributed by atoms with Crippen LogP contribution in [0.4, 0.5) is 10.6 Å². The van der Waals surface area contributed by atoms with E-state index in [9.17, 15) is 13.2 Å². The monoisotopic (exact) mass is 371 g/mol. The summed E-state index contributed by atoms with van der Waals surface area (Å²) in [6.45, 7) is 3.46. The van der Waals surface area contributed by atoms with Gasteiger partial charge in [-0.1, -0.05) is 0 Å². The first-order valence-corrected chi connectivity index (χ1v) is 9.61. The van der Waals surface area contributed by atoms with Crippen LogP contribution in [0, 0.1) is 0 Å². The number of nitrogens with zero attached hydrogens (tertiary/aromatic N) is 2. The first-order valence-electron chi connectivity index (χ1n) is 8.13. The van der Waals surface area contributed by atoms with E-state index in [4.69, 9.17) is 4.74 Å². The molecule has 10 heteroatoms. The highest BCUT2D eigenvalue weighted by molar-refractivity contribution is 7.89. The fourth-order valence-corrected chi connectivity index (χ4v) is 3.26. The van der Waals surface area contributed by atoms with Crippen molar-refractivity contribution < 1.29 is 17.9 Å². The standard InChI is InChI=1S/C15H25N5O4S/c1-16-25(22,23)13-3-4-14(17-11-13)19-15(21)18-12-5-7-20(8-6-12)9-10-24-2/h3-4,11-12,16H,5-10H2,1-2H3,(H2,17,18,19,21). The number of nitrogens with one attached hydrogen (secondary N) is 3. The summed E-state index contributed by atoms with van der Waals surface area (Å²) in [6, 6.07) is 2.62. The summed E-state index contributed by atoms with van der Waals surface area (Å²) in [4.78, 5) is 18.4. The van der Waals surface area contributed by atoms with Gasteiger partial charge in [-0.15, -0.1) is 0 Å². The number of likely N-dealkylation sites (tertiary alicyclic amines) is 1. The lowest BCUT2D eigenvalue weighted by Gasteiger charge is -2.32. The summed E-state index contributed by atoms with van der Waals surface area (Å²) in [5.41, 5.74) is 0. The number of pyridine rings is 1. The maximum Gasteiger partial charge on any atom is 0.320 e. The van der Waals surface area contributed by atoms with E-state index in [0.29, 0.717) is 12.4 Å². The lowest BCUT2D eigenvalue weighted by Crippen LogP contribution is -2.46. The van der Waals surface area contributed by atoms with Crippen molar-refractivity contribution in [1.82, 2.24) is 19.9 Å². The van der Waals surface area contributed by atoms with Gasteiger partial charge in [-0.25, -0.2) is 22.9 Å². The van der Waals surface area contributed by atoms with Crippen LogP contribution in [0.5, 0.6) is 0 Å². The van der Waals surface area contributed by atoms with Crippen molar-refractivity contribution in [1.29, 1.82) is 0 Å². The summed E-state index contributed by atoms with van der Waals surface area (Å²) in [5, 5.41) is 5.54. The van der Waals surface area contributed by atoms with E-state index in [2.05, 4.69) is 25.2 Å². The van der Waals surface area contributed by atoms with Crippen LogP contribution in [0.2, 0.25) is 0 Å². The largest absolute Gasteiger partial charge is 0.383 e. The second kappa shape index (κ2) is 9.09. The van der Waals surface area contributed by atoms with Crippen LogP contribution in [0.3, 0.4) is 0 Å². The first-order chi connectivity index (χ1) is 11.9. The zero-order valence-corrected chi connectivity index (χ0v) is 15.3. The SMILES string of the molecule is CNS(=O)(=O)c1ccc(NC(=O)NC2CCN(CCOC)CC2)nc1. The lowest BCUT2D eigenvalue weighted by molar-refractivity contribution is 0.127. The number of carbonyl (C=O) groups excluding carboxylic acids is 1. The van der Waals surface area contributed by atoms with Crippen LogP contribution in [-0.2, 0) is 14.8 Å². The summed E-state index contributed by atoms with van der Waals surface area (Å²) in [7, 11) is -0.516. The van der Waals surface area contributed by atoms with E-state index in [-0.39, 0.29) is 17.0 Å². The van der Waals surface area contributed by atoms with Gasteiger partial charge in [-0.3, -0.25) is 5.32 Å².